The second kappa shape index (κ2) is 5.64. The van der Waals surface area contributed by atoms with Gasteiger partial charge in [0, 0.05) is 18.1 Å². The van der Waals surface area contributed by atoms with Crippen LogP contribution < -0.4 is 10.9 Å². The maximum absolute atomic E-state index is 12.1. The molecule has 0 bridgehead atoms. The molecular formula is C14H18N2O. The average Bonchev–Trinajstić information content (AvgIpc) is 2.37. The number of hydrogen-bond acceptors (Lipinski definition) is 2. The second-order valence-electron chi connectivity index (χ2n) is 4.11. The van der Waals surface area contributed by atoms with E-state index in [2.05, 4.69) is 12.2 Å². The minimum Gasteiger partial charge on any atom is -0.317 e. The SMILES string of the molecule is CCNCCCn1ccc2ccccc2c1=O. The molecule has 1 heterocycles. The van der Waals surface area contributed by atoms with Gasteiger partial charge in [-0.2, -0.15) is 0 Å². The van der Waals surface area contributed by atoms with Crippen LogP contribution in [-0.2, 0) is 6.54 Å². The molecule has 0 aliphatic rings. The highest BCUT2D eigenvalue weighted by Gasteiger charge is 2.01. The summed E-state index contributed by atoms with van der Waals surface area (Å²) in [5.41, 5.74) is 0.111. The summed E-state index contributed by atoms with van der Waals surface area (Å²) in [5, 5.41) is 5.08. The third kappa shape index (κ3) is 2.74. The van der Waals surface area contributed by atoms with Gasteiger partial charge in [0.1, 0.15) is 0 Å². The summed E-state index contributed by atoms with van der Waals surface area (Å²) in [6.07, 6.45) is 2.86. The highest BCUT2D eigenvalue weighted by atomic mass is 16.1. The van der Waals surface area contributed by atoms with Crippen molar-refractivity contribution in [2.45, 2.75) is 19.9 Å². The quantitative estimate of drug-likeness (QED) is 0.797. The predicted octanol–water partition coefficient (Wildman–Crippen LogP) is 2.00. The number of hydrogen-bond donors (Lipinski definition) is 1. The molecule has 17 heavy (non-hydrogen) atoms. The molecule has 3 heteroatoms. The van der Waals surface area contributed by atoms with Gasteiger partial charge in [-0.1, -0.05) is 25.1 Å². The molecule has 0 atom stereocenters. The second-order valence-corrected chi connectivity index (χ2v) is 4.11. The van der Waals surface area contributed by atoms with Gasteiger partial charge >= 0.3 is 0 Å². The maximum atomic E-state index is 12.1. The molecule has 2 rings (SSSR count). The monoisotopic (exact) mass is 230 g/mol. The summed E-state index contributed by atoms with van der Waals surface area (Å²) >= 11 is 0. The molecule has 0 aliphatic carbocycles. The first-order valence-electron chi connectivity index (χ1n) is 6.12. The standard InChI is InChI=1S/C14H18N2O/c1-2-15-9-5-10-16-11-8-12-6-3-4-7-13(12)14(16)17/h3-4,6-8,11,15H,2,5,9-10H2,1H3. The largest absolute Gasteiger partial charge is 0.317 e. The van der Waals surface area contributed by atoms with Crippen molar-refractivity contribution in [3.8, 4) is 0 Å². The van der Waals surface area contributed by atoms with E-state index in [0.717, 1.165) is 36.8 Å². The van der Waals surface area contributed by atoms with Crippen molar-refractivity contribution >= 4 is 10.8 Å². The van der Waals surface area contributed by atoms with Gasteiger partial charge in [0.25, 0.3) is 5.56 Å². The van der Waals surface area contributed by atoms with Gasteiger partial charge in [-0.05, 0) is 37.0 Å². The van der Waals surface area contributed by atoms with E-state index in [1.165, 1.54) is 0 Å². The number of aromatic nitrogens is 1. The molecule has 1 N–H and O–H groups in total. The number of nitrogens with zero attached hydrogens (tertiary/aromatic N) is 1. The summed E-state index contributed by atoms with van der Waals surface area (Å²) in [4.78, 5) is 12.1. The molecular weight excluding hydrogens is 212 g/mol. The molecule has 3 nitrogen and oxygen atoms in total. The van der Waals surface area contributed by atoms with Gasteiger partial charge < -0.3 is 9.88 Å². The molecule has 0 radical (unpaired) electrons. The average molecular weight is 230 g/mol. The summed E-state index contributed by atoms with van der Waals surface area (Å²) in [5.74, 6) is 0. The molecule has 2 aromatic rings. The lowest BCUT2D eigenvalue weighted by Crippen LogP contribution is -2.22. The molecule has 90 valence electrons. The Morgan fingerprint density at radius 1 is 1.24 bits per heavy atom. The smallest absolute Gasteiger partial charge is 0.258 e. The van der Waals surface area contributed by atoms with Crippen LogP contribution in [0.25, 0.3) is 10.8 Å². The van der Waals surface area contributed by atoms with Crippen molar-refractivity contribution < 1.29 is 0 Å². The van der Waals surface area contributed by atoms with Gasteiger partial charge in [0.15, 0.2) is 0 Å². The Hall–Kier alpha value is -1.61. The van der Waals surface area contributed by atoms with Gasteiger partial charge in [0.2, 0.25) is 0 Å². The minimum absolute atomic E-state index is 0.111. The van der Waals surface area contributed by atoms with Crippen molar-refractivity contribution in [2.24, 2.45) is 0 Å². The van der Waals surface area contributed by atoms with Crippen LogP contribution in [0.2, 0.25) is 0 Å². The third-order valence-electron chi connectivity index (χ3n) is 2.89. The topological polar surface area (TPSA) is 34.0 Å². The van der Waals surface area contributed by atoms with E-state index in [9.17, 15) is 4.79 Å². The first-order chi connectivity index (χ1) is 8.33. The van der Waals surface area contributed by atoms with Crippen molar-refractivity contribution in [3.05, 3.63) is 46.9 Å². The van der Waals surface area contributed by atoms with Crippen LogP contribution in [0.1, 0.15) is 13.3 Å². The Morgan fingerprint density at radius 3 is 2.88 bits per heavy atom. The van der Waals surface area contributed by atoms with Crippen LogP contribution in [0.4, 0.5) is 0 Å². The van der Waals surface area contributed by atoms with Gasteiger partial charge in [-0.15, -0.1) is 0 Å². The molecule has 1 aromatic heterocycles. The lowest BCUT2D eigenvalue weighted by Gasteiger charge is -2.07. The normalized spacial score (nSPS) is 10.9. The van der Waals surface area contributed by atoms with Gasteiger partial charge in [-0.25, -0.2) is 0 Å². The van der Waals surface area contributed by atoms with E-state index in [1.54, 1.807) is 4.57 Å². The predicted molar refractivity (Wildman–Crippen MR) is 71.4 cm³/mol. The summed E-state index contributed by atoms with van der Waals surface area (Å²) in [7, 11) is 0. The summed E-state index contributed by atoms with van der Waals surface area (Å²) < 4.78 is 1.79. The molecule has 0 fully saturated rings. The third-order valence-corrected chi connectivity index (χ3v) is 2.89. The number of fused-ring (bicyclic) bond motifs is 1. The van der Waals surface area contributed by atoms with E-state index in [4.69, 9.17) is 0 Å². The van der Waals surface area contributed by atoms with Crippen LogP contribution in [0.15, 0.2) is 41.3 Å². The van der Waals surface area contributed by atoms with E-state index < -0.39 is 0 Å². The number of aryl methyl sites for hydroxylation is 1. The first-order valence-corrected chi connectivity index (χ1v) is 6.12. The van der Waals surface area contributed by atoms with Crippen molar-refractivity contribution in [3.63, 3.8) is 0 Å². The van der Waals surface area contributed by atoms with Crippen molar-refractivity contribution in [1.82, 2.24) is 9.88 Å². The number of pyridine rings is 1. The van der Waals surface area contributed by atoms with Crippen molar-refractivity contribution in [1.29, 1.82) is 0 Å². The Kier molecular flexibility index (Phi) is 3.94. The van der Waals surface area contributed by atoms with Crippen LogP contribution >= 0.6 is 0 Å². The van der Waals surface area contributed by atoms with Crippen LogP contribution in [0.3, 0.4) is 0 Å². The van der Waals surface area contributed by atoms with Crippen LogP contribution in [-0.4, -0.2) is 17.7 Å². The highest BCUT2D eigenvalue weighted by molar-refractivity contribution is 5.81. The Balaban J connectivity index is 2.18. The summed E-state index contributed by atoms with van der Waals surface area (Å²) in [6.45, 7) is 4.79. The van der Waals surface area contributed by atoms with E-state index >= 15 is 0 Å². The fraction of sp³-hybridized carbons (Fsp3) is 0.357. The first kappa shape index (κ1) is 11.9. The Morgan fingerprint density at radius 2 is 2.06 bits per heavy atom. The van der Waals surface area contributed by atoms with Gasteiger partial charge in [-0.3, -0.25) is 4.79 Å². The fourth-order valence-electron chi connectivity index (χ4n) is 1.96. The van der Waals surface area contributed by atoms with Gasteiger partial charge in [0.05, 0.1) is 0 Å². The minimum atomic E-state index is 0.111. The Bertz CT molecular complexity index is 545. The number of rotatable bonds is 5. The highest BCUT2D eigenvalue weighted by Crippen LogP contribution is 2.07. The molecule has 0 saturated carbocycles. The van der Waals surface area contributed by atoms with Crippen LogP contribution in [0.5, 0.6) is 0 Å². The van der Waals surface area contributed by atoms with E-state index in [0.29, 0.717) is 0 Å². The number of benzene rings is 1. The van der Waals surface area contributed by atoms with Crippen LogP contribution in [0, 0.1) is 0 Å². The maximum Gasteiger partial charge on any atom is 0.258 e. The number of nitrogens with one attached hydrogen (secondary N) is 1. The van der Waals surface area contributed by atoms with Crippen molar-refractivity contribution in [2.75, 3.05) is 13.1 Å². The lowest BCUT2D eigenvalue weighted by molar-refractivity contribution is 0.583. The lowest BCUT2D eigenvalue weighted by atomic mass is 10.2. The zero-order valence-electron chi connectivity index (χ0n) is 10.1. The van der Waals surface area contributed by atoms with E-state index in [-0.39, 0.29) is 5.56 Å². The molecule has 0 spiro atoms. The van der Waals surface area contributed by atoms with E-state index in [1.807, 2.05) is 36.5 Å². The molecule has 1 aromatic carbocycles. The fourth-order valence-corrected chi connectivity index (χ4v) is 1.96. The molecule has 0 aliphatic heterocycles. The zero-order chi connectivity index (χ0) is 12.1. The molecule has 0 unspecified atom stereocenters. The Labute approximate surface area is 101 Å². The summed E-state index contributed by atoms with van der Waals surface area (Å²) in [6, 6.07) is 9.73. The molecule has 0 saturated heterocycles. The molecule has 0 amide bonds. The zero-order valence-corrected chi connectivity index (χ0v) is 10.1.